The summed E-state index contributed by atoms with van der Waals surface area (Å²) in [7, 11) is 0. The van der Waals surface area contributed by atoms with Crippen LogP contribution in [0, 0.1) is 5.92 Å². The Hall–Kier alpha value is -2.20. The summed E-state index contributed by atoms with van der Waals surface area (Å²) < 4.78 is 0. The largest absolute Gasteiger partial charge is 0.315 e. The number of carbonyl (C=O) groups is 2. The number of nitrogens with zero attached hydrogens (tertiary/aromatic N) is 1. The van der Waals surface area contributed by atoms with Crippen molar-refractivity contribution in [1.82, 2.24) is 10.2 Å². The molecule has 2 aromatic carbocycles. The van der Waals surface area contributed by atoms with Gasteiger partial charge in [0.05, 0.1) is 0 Å². The smallest absolute Gasteiger partial charge is 0.261 e. The SMILES string of the molecule is CC(C)CCNCCN1C(=O)c2cccc3cccc(c23)C1=O. The van der Waals surface area contributed by atoms with Gasteiger partial charge in [-0.15, -0.1) is 0 Å². The lowest BCUT2D eigenvalue weighted by Gasteiger charge is -2.27. The summed E-state index contributed by atoms with van der Waals surface area (Å²) in [5.41, 5.74) is 1.25. The van der Waals surface area contributed by atoms with Gasteiger partial charge in [0.1, 0.15) is 0 Å². The third-order valence-electron chi connectivity index (χ3n) is 4.27. The molecule has 0 bridgehead atoms. The van der Waals surface area contributed by atoms with Crippen LogP contribution in [0.15, 0.2) is 36.4 Å². The van der Waals surface area contributed by atoms with Crippen molar-refractivity contribution in [2.24, 2.45) is 5.92 Å². The van der Waals surface area contributed by atoms with Gasteiger partial charge in [0.25, 0.3) is 11.8 Å². The Morgan fingerprint density at radius 3 is 2.13 bits per heavy atom. The molecule has 23 heavy (non-hydrogen) atoms. The predicted octanol–water partition coefficient (Wildman–Crippen LogP) is 3.07. The van der Waals surface area contributed by atoms with E-state index < -0.39 is 0 Å². The molecular formula is C19H22N2O2. The highest BCUT2D eigenvalue weighted by molar-refractivity contribution is 6.25. The van der Waals surface area contributed by atoms with E-state index >= 15 is 0 Å². The molecule has 0 saturated carbocycles. The van der Waals surface area contributed by atoms with E-state index in [1.807, 2.05) is 24.3 Å². The first-order valence-electron chi connectivity index (χ1n) is 8.18. The normalized spacial score (nSPS) is 14.1. The van der Waals surface area contributed by atoms with Gasteiger partial charge < -0.3 is 5.32 Å². The van der Waals surface area contributed by atoms with Crippen LogP contribution in [0.4, 0.5) is 0 Å². The molecule has 4 heteroatoms. The number of nitrogens with one attached hydrogen (secondary N) is 1. The van der Waals surface area contributed by atoms with Crippen molar-refractivity contribution in [3.8, 4) is 0 Å². The van der Waals surface area contributed by atoms with E-state index in [-0.39, 0.29) is 11.8 Å². The Labute approximate surface area is 136 Å². The van der Waals surface area contributed by atoms with Crippen LogP contribution in [0.5, 0.6) is 0 Å². The van der Waals surface area contributed by atoms with Crippen LogP contribution in [0.2, 0.25) is 0 Å². The van der Waals surface area contributed by atoms with Gasteiger partial charge >= 0.3 is 0 Å². The van der Waals surface area contributed by atoms with E-state index in [1.54, 1.807) is 12.1 Å². The summed E-state index contributed by atoms with van der Waals surface area (Å²) in [6.45, 7) is 6.29. The fraction of sp³-hybridized carbons (Fsp3) is 0.368. The highest BCUT2D eigenvalue weighted by atomic mass is 16.2. The molecule has 4 nitrogen and oxygen atoms in total. The lowest BCUT2D eigenvalue weighted by Crippen LogP contribution is -2.44. The number of benzene rings is 2. The Balaban J connectivity index is 1.78. The zero-order chi connectivity index (χ0) is 16.4. The van der Waals surface area contributed by atoms with Gasteiger partial charge in [-0.1, -0.05) is 38.1 Å². The Morgan fingerprint density at radius 1 is 0.957 bits per heavy atom. The molecule has 120 valence electrons. The highest BCUT2D eigenvalue weighted by Crippen LogP contribution is 2.29. The van der Waals surface area contributed by atoms with Crippen molar-refractivity contribution in [3.63, 3.8) is 0 Å². The van der Waals surface area contributed by atoms with Crippen molar-refractivity contribution >= 4 is 22.6 Å². The number of hydrogen-bond acceptors (Lipinski definition) is 3. The molecule has 0 spiro atoms. The number of hydrogen-bond donors (Lipinski definition) is 1. The van der Waals surface area contributed by atoms with Crippen molar-refractivity contribution < 1.29 is 9.59 Å². The topological polar surface area (TPSA) is 49.4 Å². The fourth-order valence-corrected chi connectivity index (χ4v) is 2.99. The maximum atomic E-state index is 12.7. The summed E-state index contributed by atoms with van der Waals surface area (Å²) >= 11 is 0. The second-order valence-corrected chi connectivity index (χ2v) is 6.40. The van der Waals surface area contributed by atoms with Crippen molar-refractivity contribution in [2.75, 3.05) is 19.6 Å². The number of rotatable bonds is 6. The maximum absolute atomic E-state index is 12.7. The van der Waals surface area contributed by atoms with Gasteiger partial charge in [0, 0.05) is 29.6 Å². The first-order chi connectivity index (χ1) is 11.1. The van der Waals surface area contributed by atoms with Crippen LogP contribution in [0.3, 0.4) is 0 Å². The molecule has 1 aliphatic heterocycles. The maximum Gasteiger partial charge on any atom is 0.261 e. The second kappa shape index (κ2) is 6.50. The number of amides is 2. The van der Waals surface area contributed by atoms with E-state index in [1.165, 1.54) is 4.90 Å². The van der Waals surface area contributed by atoms with Gasteiger partial charge in [0.2, 0.25) is 0 Å². The fourth-order valence-electron chi connectivity index (χ4n) is 2.99. The predicted molar refractivity (Wildman–Crippen MR) is 91.6 cm³/mol. The van der Waals surface area contributed by atoms with Gasteiger partial charge in [-0.25, -0.2) is 0 Å². The zero-order valence-electron chi connectivity index (χ0n) is 13.6. The molecule has 1 N–H and O–H groups in total. The zero-order valence-corrected chi connectivity index (χ0v) is 13.6. The minimum absolute atomic E-state index is 0.190. The quantitative estimate of drug-likeness (QED) is 0.659. The molecule has 0 saturated heterocycles. The Morgan fingerprint density at radius 2 is 1.57 bits per heavy atom. The molecule has 0 unspecified atom stereocenters. The Bertz CT molecular complexity index is 701. The molecule has 0 atom stereocenters. The highest BCUT2D eigenvalue weighted by Gasteiger charge is 2.31. The summed E-state index contributed by atoms with van der Waals surface area (Å²) in [4.78, 5) is 26.7. The van der Waals surface area contributed by atoms with Gasteiger partial charge in [-0.05, 0) is 36.4 Å². The lowest BCUT2D eigenvalue weighted by molar-refractivity contribution is 0.0612. The Kier molecular flexibility index (Phi) is 4.44. The van der Waals surface area contributed by atoms with E-state index in [4.69, 9.17) is 0 Å². The van der Waals surface area contributed by atoms with Crippen LogP contribution in [0.1, 0.15) is 41.0 Å². The van der Waals surface area contributed by atoms with Crippen LogP contribution in [-0.4, -0.2) is 36.3 Å². The van der Waals surface area contributed by atoms with Crippen molar-refractivity contribution in [3.05, 3.63) is 47.5 Å². The molecule has 0 fully saturated rings. The van der Waals surface area contributed by atoms with Crippen molar-refractivity contribution in [1.29, 1.82) is 0 Å². The first kappa shape index (κ1) is 15.7. The third-order valence-corrected chi connectivity index (χ3v) is 4.27. The standard InChI is InChI=1S/C19H22N2O2/c1-13(2)9-10-20-11-12-21-18(22)15-7-3-5-14-6-4-8-16(17(14)15)19(21)23/h3-8,13,20H,9-12H2,1-2H3. The van der Waals surface area contributed by atoms with Crippen LogP contribution in [-0.2, 0) is 0 Å². The van der Waals surface area contributed by atoms with E-state index in [2.05, 4.69) is 19.2 Å². The van der Waals surface area contributed by atoms with Crippen LogP contribution < -0.4 is 5.32 Å². The minimum atomic E-state index is -0.190. The summed E-state index contributed by atoms with van der Waals surface area (Å²) in [6, 6.07) is 11.2. The van der Waals surface area contributed by atoms with Crippen LogP contribution >= 0.6 is 0 Å². The van der Waals surface area contributed by atoms with E-state index in [0.717, 1.165) is 23.7 Å². The summed E-state index contributed by atoms with van der Waals surface area (Å²) in [5, 5.41) is 5.04. The molecular weight excluding hydrogens is 288 g/mol. The summed E-state index contributed by atoms with van der Waals surface area (Å²) in [6.07, 6.45) is 1.09. The van der Waals surface area contributed by atoms with Crippen molar-refractivity contribution in [2.45, 2.75) is 20.3 Å². The molecule has 2 amide bonds. The monoisotopic (exact) mass is 310 g/mol. The molecule has 3 rings (SSSR count). The van der Waals surface area contributed by atoms with Crippen LogP contribution in [0.25, 0.3) is 10.8 Å². The molecule has 0 aliphatic carbocycles. The molecule has 2 aromatic rings. The average molecular weight is 310 g/mol. The molecule has 0 radical (unpaired) electrons. The number of carbonyl (C=O) groups excluding carboxylic acids is 2. The minimum Gasteiger partial charge on any atom is -0.315 e. The molecule has 1 heterocycles. The van der Waals surface area contributed by atoms with Gasteiger partial charge in [-0.3, -0.25) is 14.5 Å². The molecule has 1 aliphatic rings. The van der Waals surface area contributed by atoms with E-state index in [9.17, 15) is 9.59 Å². The van der Waals surface area contributed by atoms with Gasteiger partial charge in [0.15, 0.2) is 0 Å². The van der Waals surface area contributed by atoms with Gasteiger partial charge in [-0.2, -0.15) is 0 Å². The summed E-state index contributed by atoms with van der Waals surface area (Å²) in [5.74, 6) is 0.264. The second-order valence-electron chi connectivity index (χ2n) is 6.40. The molecule has 0 aromatic heterocycles. The first-order valence-corrected chi connectivity index (χ1v) is 8.18. The third kappa shape index (κ3) is 2.99. The lowest BCUT2D eigenvalue weighted by atomic mass is 9.94. The average Bonchev–Trinajstić information content (AvgIpc) is 2.54. The number of imide groups is 1. The van der Waals surface area contributed by atoms with E-state index in [0.29, 0.717) is 30.1 Å².